The average Bonchev–Trinajstić information content (AvgIpc) is 3.05. The van der Waals surface area contributed by atoms with Gasteiger partial charge in [0.25, 0.3) is 5.91 Å². The summed E-state index contributed by atoms with van der Waals surface area (Å²) in [6, 6.07) is 7.48. The lowest BCUT2D eigenvalue weighted by Gasteiger charge is -2.37. The number of benzene rings is 1. The van der Waals surface area contributed by atoms with E-state index in [1.165, 1.54) is 0 Å². The number of likely N-dealkylation sites (tertiary alicyclic amines) is 1. The van der Waals surface area contributed by atoms with Crippen molar-refractivity contribution in [2.24, 2.45) is 5.92 Å². The fourth-order valence-electron chi connectivity index (χ4n) is 2.95. The largest absolute Gasteiger partial charge is 0.396 e. The monoisotopic (exact) mass is 333 g/mol. The van der Waals surface area contributed by atoms with E-state index in [1.807, 2.05) is 17.0 Å². The van der Waals surface area contributed by atoms with Gasteiger partial charge in [0, 0.05) is 30.4 Å². The first kappa shape index (κ1) is 16.0. The van der Waals surface area contributed by atoms with Gasteiger partial charge in [0.05, 0.1) is 17.4 Å². The number of aromatic nitrogens is 2. The van der Waals surface area contributed by atoms with Crippen molar-refractivity contribution in [2.75, 3.05) is 13.2 Å². The third kappa shape index (κ3) is 3.41. The Morgan fingerprint density at radius 2 is 2.09 bits per heavy atom. The van der Waals surface area contributed by atoms with Crippen molar-refractivity contribution in [1.29, 1.82) is 0 Å². The zero-order valence-electron chi connectivity index (χ0n) is 13.0. The molecule has 5 nitrogen and oxygen atoms in total. The molecule has 1 fully saturated rings. The molecule has 6 heteroatoms. The predicted molar refractivity (Wildman–Crippen MR) is 88.9 cm³/mol. The van der Waals surface area contributed by atoms with E-state index in [4.69, 9.17) is 11.6 Å². The molecule has 2 heterocycles. The van der Waals surface area contributed by atoms with Gasteiger partial charge in [0.1, 0.15) is 0 Å². The molecular weight excluding hydrogens is 314 g/mol. The molecule has 0 saturated carbocycles. The van der Waals surface area contributed by atoms with E-state index in [0.29, 0.717) is 17.1 Å². The predicted octanol–water partition coefficient (Wildman–Crippen LogP) is 2.76. The van der Waals surface area contributed by atoms with Crippen molar-refractivity contribution in [2.45, 2.75) is 25.8 Å². The Balaban J connectivity index is 1.79. The summed E-state index contributed by atoms with van der Waals surface area (Å²) < 4.78 is 1.67. The first-order chi connectivity index (χ1) is 11.1. The minimum Gasteiger partial charge on any atom is -0.396 e. The number of halogens is 1. The molecule has 1 aliphatic heterocycles. The highest BCUT2D eigenvalue weighted by molar-refractivity contribution is 6.30. The highest BCUT2D eigenvalue weighted by atomic mass is 35.5. The maximum Gasteiger partial charge on any atom is 0.257 e. The number of piperidine rings is 1. The third-order valence-corrected chi connectivity index (χ3v) is 4.67. The second-order valence-corrected chi connectivity index (χ2v) is 6.52. The first-order valence-corrected chi connectivity index (χ1v) is 8.18. The van der Waals surface area contributed by atoms with Gasteiger partial charge in [0.15, 0.2) is 0 Å². The van der Waals surface area contributed by atoms with E-state index >= 15 is 0 Å². The average molecular weight is 334 g/mol. The van der Waals surface area contributed by atoms with Crippen LogP contribution in [-0.4, -0.2) is 44.9 Å². The van der Waals surface area contributed by atoms with E-state index in [9.17, 15) is 9.90 Å². The molecule has 0 spiro atoms. The molecule has 2 atom stereocenters. The molecule has 2 aromatic rings. The topological polar surface area (TPSA) is 58.4 Å². The Morgan fingerprint density at radius 1 is 1.35 bits per heavy atom. The normalized spacial score (nSPS) is 21.4. The summed E-state index contributed by atoms with van der Waals surface area (Å²) in [5, 5.41) is 14.3. The van der Waals surface area contributed by atoms with Crippen LogP contribution in [0.25, 0.3) is 5.69 Å². The van der Waals surface area contributed by atoms with Crippen molar-refractivity contribution in [3.05, 3.63) is 47.2 Å². The molecule has 2 unspecified atom stereocenters. The molecule has 122 valence electrons. The fourth-order valence-corrected chi connectivity index (χ4v) is 3.07. The van der Waals surface area contributed by atoms with Crippen LogP contribution in [0, 0.1) is 5.92 Å². The molecule has 1 amide bonds. The number of aliphatic hydroxyl groups is 1. The number of carbonyl (C=O) groups excluding carboxylic acids is 1. The first-order valence-electron chi connectivity index (χ1n) is 7.81. The minimum absolute atomic E-state index is 0.0316. The Kier molecular flexibility index (Phi) is 4.68. The van der Waals surface area contributed by atoms with Crippen LogP contribution in [0.5, 0.6) is 0 Å². The van der Waals surface area contributed by atoms with Crippen LogP contribution in [0.3, 0.4) is 0 Å². The molecule has 0 radical (unpaired) electrons. The molecular formula is C17H20ClN3O2. The van der Waals surface area contributed by atoms with E-state index < -0.39 is 0 Å². The number of amides is 1. The van der Waals surface area contributed by atoms with E-state index in [0.717, 1.165) is 18.5 Å². The van der Waals surface area contributed by atoms with E-state index in [2.05, 4.69) is 12.0 Å². The lowest BCUT2D eigenvalue weighted by atomic mass is 9.93. The molecule has 1 aromatic carbocycles. The van der Waals surface area contributed by atoms with Crippen LogP contribution in [0.15, 0.2) is 36.7 Å². The summed E-state index contributed by atoms with van der Waals surface area (Å²) in [6.45, 7) is 2.78. The molecule has 1 saturated heterocycles. The molecule has 3 rings (SSSR count). The third-order valence-electron chi connectivity index (χ3n) is 4.42. The number of carbonyl (C=O) groups is 1. The lowest BCUT2D eigenvalue weighted by Crippen LogP contribution is -2.46. The number of rotatable bonds is 3. The quantitative estimate of drug-likeness (QED) is 0.939. The van der Waals surface area contributed by atoms with Crippen LogP contribution in [0.2, 0.25) is 5.02 Å². The minimum atomic E-state index is -0.0316. The van der Waals surface area contributed by atoms with Crippen LogP contribution < -0.4 is 0 Å². The Hall–Kier alpha value is -1.85. The van der Waals surface area contributed by atoms with Crippen molar-refractivity contribution in [3.63, 3.8) is 0 Å². The van der Waals surface area contributed by atoms with Crippen LogP contribution >= 0.6 is 11.6 Å². The highest BCUT2D eigenvalue weighted by Crippen LogP contribution is 2.23. The maximum atomic E-state index is 12.7. The number of aliphatic hydroxyl groups excluding tert-OH is 1. The summed E-state index contributed by atoms with van der Waals surface area (Å²) >= 11 is 5.89. The van der Waals surface area contributed by atoms with Gasteiger partial charge in [-0.1, -0.05) is 11.6 Å². The van der Waals surface area contributed by atoms with Gasteiger partial charge in [-0.3, -0.25) is 4.79 Å². The zero-order valence-corrected chi connectivity index (χ0v) is 13.8. The second-order valence-electron chi connectivity index (χ2n) is 6.08. The molecule has 0 aliphatic carbocycles. The van der Waals surface area contributed by atoms with Crippen molar-refractivity contribution in [1.82, 2.24) is 14.7 Å². The number of hydrogen-bond acceptors (Lipinski definition) is 3. The van der Waals surface area contributed by atoms with Crippen molar-refractivity contribution < 1.29 is 9.90 Å². The fraction of sp³-hybridized carbons (Fsp3) is 0.412. The Morgan fingerprint density at radius 3 is 2.78 bits per heavy atom. The molecule has 1 aromatic heterocycles. The van der Waals surface area contributed by atoms with Gasteiger partial charge < -0.3 is 10.0 Å². The van der Waals surface area contributed by atoms with Crippen molar-refractivity contribution in [3.8, 4) is 5.69 Å². The van der Waals surface area contributed by atoms with Gasteiger partial charge in [-0.2, -0.15) is 5.10 Å². The molecule has 1 aliphatic rings. The summed E-state index contributed by atoms with van der Waals surface area (Å²) in [7, 11) is 0. The number of nitrogens with zero attached hydrogens (tertiary/aromatic N) is 3. The lowest BCUT2D eigenvalue weighted by molar-refractivity contribution is 0.0489. The SMILES string of the molecule is CC1CCC(CO)CN1C(=O)c1cnn(-c2ccc(Cl)cc2)c1. The van der Waals surface area contributed by atoms with Gasteiger partial charge in [-0.05, 0) is 49.9 Å². The zero-order chi connectivity index (χ0) is 16.4. The van der Waals surface area contributed by atoms with E-state index in [-0.39, 0.29) is 24.5 Å². The highest BCUT2D eigenvalue weighted by Gasteiger charge is 2.29. The molecule has 1 N–H and O–H groups in total. The van der Waals surface area contributed by atoms with Gasteiger partial charge in [-0.15, -0.1) is 0 Å². The number of hydrogen-bond donors (Lipinski definition) is 1. The standard InChI is InChI=1S/C17H20ClN3O2/c1-12-2-3-13(11-22)9-20(12)17(23)14-8-19-21(10-14)16-6-4-15(18)5-7-16/h4-8,10,12-13,22H,2-3,9,11H2,1H3. The summed E-state index contributed by atoms with van der Waals surface area (Å²) in [5.74, 6) is 0.136. The Labute approximate surface area is 140 Å². The van der Waals surface area contributed by atoms with Crippen LogP contribution in [-0.2, 0) is 0 Å². The summed E-state index contributed by atoms with van der Waals surface area (Å²) in [6.07, 6.45) is 5.21. The summed E-state index contributed by atoms with van der Waals surface area (Å²) in [5.41, 5.74) is 1.42. The van der Waals surface area contributed by atoms with Crippen molar-refractivity contribution >= 4 is 17.5 Å². The maximum absolute atomic E-state index is 12.7. The molecule has 0 bridgehead atoms. The second kappa shape index (κ2) is 6.72. The van der Waals surface area contributed by atoms with Crippen LogP contribution in [0.1, 0.15) is 30.1 Å². The molecule has 23 heavy (non-hydrogen) atoms. The van der Waals surface area contributed by atoms with E-state index in [1.54, 1.807) is 29.2 Å². The van der Waals surface area contributed by atoms with Gasteiger partial charge >= 0.3 is 0 Å². The van der Waals surface area contributed by atoms with Gasteiger partial charge in [0.2, 0.25) is 0 Å². The Bertz CT molecular complexity index is 683. The smallest absolute Gasteiger partial charge is 0.257 e. The van der Waals surface area contributed by atoms with Crippen LogP contribution in [0.4, 0.5) is 0 Å². The van der Waals surface area contributed by atoms with Gasteiger partial charge in [-0.25, -0.2) is 4.68 Å². The summed E-state index contributed by atoms with van der Waals surface area (Å²) in [4.78, 5) is 14.6.